The Morgan fingerprint density at radius 3 is 1.97 bits per heavy atom. The quantitative estimate of drug-likeness (QED) is 0.226. The number of hydrogen-bond acceptors (Lipinski definition) is 5. The smallest absolute Gasteiger partial charge is 0.326 e. The first-order valence-corrected chi connectivity index (χ1v) is 12.7. The summed E-state index contributed by atoms with van der Waals surface area (Å²) < 4.78 is 5.11. The topological polar surface area (TPSA) is 80.8 Å². The molecule has 0 aromatic heterocycles. The normalized spacial score (nSPS) is 29.9. The lowest BCUT2D eigenvalue weighted by molar-refractivity contribution is -0.152. The number of hydrogen-bond donors (Lipinski definition) is 0. The van der Waals surface area contributed by atoms with Crippen molar-refractivity contribution in [2.75, 3.05) is 13.2 Å². The van der Waals surface area contributed by atoms with Crippen LogP contribution in [0.4, 0.5) is 0 Å². The molecule has 2 aliphatic carbocycles. The average Bonchev–Trinajstić information content (AvgIpc) is 3.44. The number of Topliss-reactive ketones (excluding diaryl/α,β-unsaturated/α-hetero) is 1. The Bertz CT molecular complexity index is 1090. The largest absolute Gasteiger partial charge is 0.456 e. The number of carbonyl (C=O) groups is 4. The van der Waals surface area contributed by atoms with Gasteiger partial charge in [0.15, 0.2) is 12.4 Å². The molecule has 0 N–H and O–H groups in total. The predicted molar refractivity (Wildman–Crippen MR) is 128 cm³/mol. The number of benzene rings is 2. The summed E-state index contributed by atoms with van der Waals surface area (Å²) in [7, 11) is 0. The Labute approximate surface area is 207 Å². The van der Waals surface area contributed by atoms with Gasteiger partial charge in [-0.05, 0) is 29.4 Å². The van der Waals surface area contributed by atoms with Crippen molar-refractivity contribution in [2.24, 2.45) is 23.7 Å². The van der Waals surface area contributed by atoms with Gasteiger partial charge >= 0.3 is 5.97 Å². The summed E-state index contributed by atoms with van der Waals surface area (Å²) >= 11 is 7.28. The molecule has 2 saturated carbocycles. The lowest BCUT2D eigenvalue weighted by atomic mass is 9.81. The molecule has 2 amide bonds. The minimum Gasteiger partial charge on any atom is -0.456 e. The fraction of sp³-hybridized carbons (Fsp3) is 0.360. The molecular weight excluding hydrogens is 554 g/mol. The van der Waals surface area contributed by atoms with Crippen LogP contribution in [0.2, 0.25) is 0 Å². The van der Waals surface area contributed by atoms with Crippen LogP contribution in [-0.4, -0.2) is 51.3 Å². The second kappa shape index (κ2) is 8.80. The molecule has 33 heavy (non-hydrogen) atoms. The number of rotatable bonds is 6. The number of esters is 1. The number of carbonyl (C=O) groups excluding carboxylic acids is 4. The van der Waals surface area contributed by atoms with E-state index in [0.29, 0.717) is 5.56 Å². The summed E-state index contributed by atoms with van der Waals surface area (Å²) in [5.74, 6) is -2.30. The van der Waals surface area contributed by atoms with Gasteiger partial charge in [-0.25, -0.2) is 0 Å². The van der Waals surface area contributed by atoms with Crippen LogP contribution in [0, 0.1) is 23.7 Å². The van der Waals surface area contributed by atoms with Crippen molar-refractivity contribution in [3.8, 4) is 11.1 Å². The summed E-state index contributed by atoms with van der Waals surface area (Å²) in [5.41, 5.74) is 2.44. The fourth-order valence-electron chi connectivity index (χ4n) is 5.45. The number of likely N-dealkylation sites (tertiary alicyclic amines) is 1. The van der Waals surface area contributed by atoms with Crippen LogP contribution < -0.4 is 0 Å². The highest BCUT2D eigenvalue weighted by Crippen LogP contribution is 2.60. The van der Waals surface area contributed by atoms with Crippen molar-refractivity contribution in [3.05, 3.63) is 60.2 Å². The molecule has 3 aliphatic rings. The molecule has 6 atom stereocenters. The fourth-order valence-corrected chi connectivity index (χ4v) is 7.32. The second-order valence-corrected chi connectivity index (χ2v) is 10.9. The van der Waals surface area contributed by atoms with Crippen LogP contribution in [0.15, 0.2) is 54.6 Å². The Morgan fingerprint density at radius 2 is 1.39 bits per heavy atom. The summed E-state index contributed by atoms with van der Waals surface area (Å²) in [5, 5.41) is 0. The van der Waals surface area contributed by atoms with Gasteiger partial charge in [-0.15, -0.1) is 0 Å². The van der Waals surface area contributed by atoms with E-state index in [0.717, 1.165) is 22.4 Å². The zero-order chi connectivity index (χ0) is 23.3. The van der Waals surface area contributed by atoms with Crippen molar-refractivity contribution in [1.29, 1.82) is 0 Å². The zero-order valence-electron chi connectivity index (χ0n) is 17.5. The zero-order valence-corrected chi connectivity index (χ0v) is 20.7. The molecule has 1 heterocycles. The van der Waals surface area contributed by atoms with Gasteiger partial charge in [0.25, 0.3) is 0 Å². The van der Waals surface area contributed by atoms with E-state index in [4.69, 9.17) is 4.74 Å². The first-order chi connectivity index (χ1) is 15.9. The first kappa shape index (κ1) is 22.5. The van der Waals surface area contributed by atoms with Crippen LogP contribution in [0.5, 0.6) is 0 Å². The average molecular weight is 575 g/mol. The van der Waals surface area contributed by atoms with Gasteiger partial charge in [0.2, 0.25) is 11.8 Å². The number of nitrogens with zero attached hydrogens (tertiary/aromatic N) is 1. The SMILES string of the molecule is O=C(CN1C(=O)[C@@H]2[C@@H]3C[C@@H]([C@H](Br)[C@@H]3Br)[C@@H]2C1=O)OCC(=O)c1ccc(-c2ccccc2)cc1. The van der Waals surface area contributed by atoms with E-state index in [1.165, 1.54) is 0 Å². The van der Waals surface area contributed by atoms with Gasteiger partial charge in [-0.3, -0.25) is 24.1 Å². The third-order valence-corrected chi connectivity index (χ3v) is 10.3. The molecule has 2 aromatic rings. The van der Waals surface area contributed by atoms with Crippen molar-refractivity contribution < 1.29 is 23.9 Å². The Morgan fingerprint density at radius 1 is 0.848 bits per heavy atom. The minimum atomic E-state index is -0.760. The standard InChI is InChI=1S/C25H21Br2NO5/c26-22-16-10-17(23(22)27)21-20(16)24(31)28(25(21)32)11-19(30)33-12-18(29)15-8-6-14(7-9-15)13-4-2-1-3-5-13/h1-9,16-17,20-23H,10-12H2/t16-,17+,20+,21-,22+,23-. The van der Waals surface area contributed by atoms with Gasteiger partial charge in [-0.1, -0.05) is 86.5 Å². The highest BCUT2D eigenvalue weighted by Gasteiger charge is 2.66. The van der Waals surface area contributed by atoms with E-state index in [2.05, 4.69) is 31.9 Å². The van der Waals surface area contributed by atoms with Gasteiger partial charge in [-0.2, -0.15) is 0 Å². The third-order valence-electron chi connectivity index (χ3n) is 7.04. The molecular formula is C25H21Br2NO5. The van der Waals surface area contributed by atoms with E-state index in [9.17, 15) is 19.2 Å². The van der Waals surface area contributed by atoms with E-state index >= 15 is 0 Å². The van der Waals surface area contributed by atoms with Crippen LogP contribution in [-0.2, 0) is 19.1 Å². The van der Waals surface area contributed by atoms with Gasteiger partial charge in [0.05, 0.1) is 11.8 Å². The number of ether oxygens (including phenoxy) is 1. The number of amides is 2. The highest BCUT2D eigenvalue weighted by molar-refractivity contribution is 9.12. The van der Waals surface area contributed by atoms with Crippen LogP contribution in [0.1, 0.15) is 16.8 Å². The Hall–Kier alpha value is -2.32. The maximum Gasteiger partial charge on any atom is 0.326 e. The van der Waals surface area contributed by atoms with Crippen LogP contribution in [0.25, 0.3) is 11.1 Å². The summed E-state index contributed by atoms with van der Waals surface area (Å²) in [4.78, 5) is 51.9. The number of halogens is 2. The molecule has 2 aromatic carbocycles. The number of alkyl halides is 2. The van der Waals surface area contributed by atoms with Crippen LogP contribution >= 0.6 is 31.9 Å². The summed E-state index contributed by atoms with van der Waals surface area (Å²) in [6.45, 7) is -0.894. The lowest BCUT2D eigenvalue weighted by Crippen LogP contribution is -2.38. The molecule has 0 unspecified atom stereocenters. The lowest BCUT2D eigenvalue weighted by Gasteiger charge is -2.28. The summed E-state index contributed by atoms with van der Waals surface area (Å²) in [6, 6.07) is 16.8. The maximum atomic E-state index is 12.9. The highest BCUT2D eigenvalue weighted by atomic mass is 79.9. The van der Waals surface area contributed by atoms with E-state index in [1.54, 1.807) is 12.1 Å². The van der Waals surface area contributed by atoms with Crippen LogP contribution in [0.3, 0.4) is 0 Å². The minimum absolute atomic E-state index is 0.0854. The van der Waals surface area contributed by atoms with Gasteiger partial charge in [0.1, 0.15) is 6.54 Å². The number of fused-ring (bicyclic) bond motifs is 5. The molecule has 3 fully saturated rings. The van der Waals surface area contributed by atoms with Gasteiger partial charge in [0, 0.05) is 15.2 Å². The predicted octanol–water partition coefficient (Wildman–Crippen LogP) is 3.86. The Balaban J connectivity index is 1.17. The molecule has 8 heteroatoms. The van der Waals surface area contributed by atoms with E-state index in [1.807, 2.05) is 42.5 Å². The molecule has 5 rings (SSSR count). The molecule has 1 aliphatic heterocycles. The van der Waals surface area contributed by atoms with Crippen molar-refractivity contribution in [3.63, 3.8) is 0 Å². The van der Waals surface area contributed by atoms with E-state index < -0.39 is 19.1 Å². The third kappa shape index (κ3) is 3.87. The van der Waals surface area contributed by atoms with Crippen molar-refractivity contribution in [1.82, 2.24) is 4.90 Å². The molecule has 6 nitrogen and oxygen atoms in total. The van der Waals surface area contributed by atoms with Crippen molar-refractivity contribution >= 4 is 55.4 Å². The second-order valence-electron chi connectivity index (χ2n) is 8.79. The van der Waals surface area contributed by atoms with Gasteiger partial charge < -0.3 is 4.74 Å². The Kier molecular flexibility index (Phi) is 5.99. The number of imide groups is 1. The maximum absolute atomic E-state index is 12.9. The monoisotopic (exact) mass is 573 g/mol. The molecule has 170 valence electrons. The van der Waals surface area contributed by atoms with Crippen molar-refractivity contribution in [2.45, 2.75) is 16.1 Å². The molecule has 0 radical (unpaired) electrons. The molecule has 1 saturated heterocycles. The molecule has 2 bridgehead atoms. The summed E-state index contributed by atoms with van der Waals surface area (Å²) in [6.07, 6.45) is 0.828. The van der Waals surface area contributed by atoms with E-state index in [-0.39, 0.29) is 50.9 Å². The number of ketones is 1. The first-order valence-electron chi connectivity index (χ1n) is 10.8. The molecule has 0 spiro atoms.